The summed E-state index contributed by atoms with van der Waals surface area (Å²) in [6.45, 7) is 11.0. The summed E-state index contributed by atoms with van der Waals surface area (Å²) in [5, 5.41) is 8.21. The summed E-state index contributed by atoms with van der Waals surface area (Å²) in [6, 6.07) is 12.8. The Morgan fingerprint density at radius 1 is 1.13 bits per heavy atom. The molecule has 1 unspecified atom stereocenters. The first kappa shape index (κ1) is 17.7. The maximum atomic E-state index is 4.63. The first-order chi connectivity index (χ1) is 11.2. The normalized spacial score (nSPS) is 12.7. The highest BCUT2D eigenvalue weighted by molar-refractivity contribution is 5.30. The Kier molecular flexibility index (Phi) is 7.30. The van der Waals surface area contributed by atoms with Crippen molar-refractivity contribution >= 4 is 0 Å². The smallest absolute Gasteiger partial charge is 0.0766 e. The number of hydrogen-bond acceptors (Lipinski definition) is 3. The van der Waals surface area contributed by atoms with Gasteiger partial charge in [-0.15, -0.1) is 0 Å². The van der Waals surface area contributed by atoms with E-state index in [1.165, 1.54) is 19.4 Å². The SMILES string of the molecule is CCN(CC)CCCC(C)NCc1ccn(-c2ccccc2)n1. The van der Waals surface area contributed by atoms with Crippen molar-refractivity contribution in [3.8, 4) is 5.69 Å². The number of benzene rings is 1. The van der Waals surface area contributed by atoms with Gasteiger partial charge in [-0.3, -0.25) is 0 Å². The number of nitrogens with zero attached hydrogens (tertiary/aromatic N) is 3. The van der Waals surface area contributed by atoms with Gasteiger partial charge in [0.05, 0.1) is 11.4 Å². The largest absolute Gasteiger partial charge is 0.309 e. The molecule has 0 spiro atoms. The molecule has 0 aliphatic carbocycles. The Hall–Kier alpha value is -1.65. The molecule has 1 heterocycles. The maximum absolute atomic E-state index is 4.63. The van der Waals surface area contributed by atoms with E-state index in [-0.39, 0.29) is 0 Å². The number of nitrogens with one attached hydrogen (secondary N) is 1. The average molecular weight is 314 g/mol. The highest BCUT2D eigenvalue weighted by atomic mass is 15.3. The minimum Gasteiger partial charge on any atom is -0.309 e. The fraction of sp³-hybridized carbons (Fsp3) is 0.526. The van der Waals surface area contributed by atoms with Gasteiger partial charge in [0.1, 0.15) is 0 Å². The molecule has 1 aromatic heterocycles. The number of aromatic nitrogens is 2. The molecule has 1 N–H and O–H groups in total. The van der Waals surface area contributed by atoms with Crippen molar-refractivity contribution in [1.29, 1.82) is 0 Å². The van der Waals surface area contributed by atoms with Crippen molar-refractivity contribution in [2.75, 3.05) is 19.6 Å². The molecule has 0 saturated heterocycles. The molecule has 0 fully saturated rings. The van der Waals surface area contributed by atoms with Crippen LogP contribution in [0, 0.1) is 0 Å². The summed E-state index contributed by atoms with van der Waals surface area (Å²) < 4.78 is 1.93. The van der Waals surface area contributed by atoms with E-state index in [0.717, 1.165) is 31.0 Å². The predicted molar refractivity (Wildman–Crippen MR) is 96.9 cm³/mol. The van der Waals surface area contributed by atoms with E-state index in [1.54, 1.807) is 0 Å². The third-order valence-corrected chi connectivity index (χ3v) is 4.30. The molecule has 0 saturated carbocycles. The Morgan fingerprint density at radius 3 is 2.57 bits per heavy atom. The van der Waals surface area contributed by atoms with Crippen LogP contribution in [-0.4, -0.2) is 40.4 Å². The number of para-hydroxylation sites is 1. The predicted octanol–water partition coefficient (Wildman–Crippen LogP) is 3.47. The van der Waals surface area contributed by atoms with Gasteiger partial charge in [-0.05, 0) is 57.6 Å². The molecule has 0 bridgehead atoms. The van der Waals surface area contributed by atoms with Gasteiger partial charge in [-0.1, -0.05) is 32.0 Å². The van der Waals surface area contributed by atoms with Crippen molar-refractivity contribution in [1.82, 2.24) is 20.0 Å². The molecule has 0 amide bonds. The van der Waals surface area contributed by atoms with Crippen LogP contribution < -0.4 is 5.32 Å². The number of hydrogen-bond donors (Lipinski definition) is 1. The summed E-state index contributed by atoms with van der Waals surface area (Å²) in [5.41, 5.74) is 2.19. The van der Waals surface area contributed by atoms with Gasteiger partial charge in [0.15, 0.2) is 0 Å². The quantitative estimate of drug-likeness (QED) is 0.729. The van der Waals surface area contributed by atoms with Crippen molar-refractivity contribution in [2.45, 2.75) is 46.2 Å². The Balaban J connectivity index is 1.72. The van der Waals surface area contributed by atoms with E-state index in [9.17, 15) is 0 Å². The van der Waals surface area contributed by atoms with Crippen LogP contribution >= 0.6 is 0 Å². The zero-order valence-electron chi connectivity index (χ0n) is 14.7. The first-order valence-electron chi connectivity index (χ1n) is 8.78. The van der Waals surface area contributed by atoms with Crippen LogP contribution in [-0.2, 0) is 6.54 Å². The van der Waals surface area contributed by atoms with Crippen LogP contribution in [0.4, 0.5) is 0 Å². The molecule has 126 valence electrons. The van der Waals surface area contributed by atoms with Crippen molar-refractivity contribution < 1.29 is 0 Å². The van der Waals surface area contributed by atoms with Crippen LogP contribution in [0.1, 0.15) is 39.3 Å². The van der Waals surface area contributed by atoms with Gasteiger partial charge in [0.2, 0.25) is 0 Å². The Labute approximate surface area is 140 Å². The molecule has 1 aromatic carbocycles. The van der Waals surface area contributed by atoms with Crippen molar-refractivity contribution in [3.05, 3.63) is 48.3 Å². The van der Waals surface area contributed by atoms with Gasteiger partial charge in [0.25, 0.3) is 0 Å². The highest BCUT2D eigenvalue weighted by Gasteiger charge is 2.06. The second-order valence-corrected chi connectivity index (χ2v) is 6.04. The van der Waals surface area contributed by atoms with Crippen LogP contribution in [0.3, 0.4) is 0 Å². The van der Waals surface area contributed by atoms with Gasteiger partial charge >= 0.3 is 0 Å². The number of rotatable bonds is 10. The van der Waals surface area contributed by atoms with Crippen LogP contribution in [0.25, 0.3) is 5.69 Å². The summed E-state index contributed by atoms with van der Waals surface area (Å²) >= 11 is 0. The van der Waals surface area contributed by atoms with Crippen molar-refractivity contribution in [3.63, 3.8) is 0 Å². The standard InChI is InChI=1S/C19H30N4/c1-4-22(5-2)14-9-10-17(3)20-16-18-13-15-23(21-18)19-11-7-6-8-12-19/h6-8,11-13,15,17,20H,4-5,9-10,14,16H2,1-3H3. The van der Waals surface area contributed by atoms with Crippen LogP contribution in [0.15, 0.2) is 42.6 Å². The lowest BCUT2D eigenvalue weighted by molar-refractivity contribution is 0.290. The summed E-state index contributed by atoms with van der Waals surface area (Å²) in [7, 11) is 0. The Morgan fingerprint density at radius 2 is 1.87 bits per heavy atom. The lowest BCUT2D eigenvalue weighted by Gasteiger charge is -2.19. The van der Waals surface area contributed by atoms with Gasteiger partial charge in [-0.2, -0.15) is 5.10 Å². The molecule has 2 aromatic rings. The van der Waals surface area contributed by atoms with E-state index >= 15 is 0 Å². The minimum atomic E-state index is 0.521. The molecule has 0 aliphatic heterocycles. The molecule has 1 atom stereocenters. The summed E-state index contributed by atoms with van der Waals surface area (Å²) in [5.74, 6) is 0. The maximum Gasteiger partial charge on any atom is 0.0766 e. The molecule has 0 aliphatic rings. The van der Waals surface area contributed by atoms with E-state index in [4.69, 9.17) is 0 Å². The molecule has 23 heavy (non-hydrogen) atoms. The van der Waals surface area contributed by atoms with Gasteiger partial charge in [0, 0.05) is 18.8 Å². The third-order valence-electron chi connectivity index (χ3n) is 4.30. The second-order valence-electron chi connectivity index (χ2n) is 6.04. The summed E-state index contributed by atoms with van der Waals surface area (Å²) in [4.78, 5) is 2.48. The van der Waals surface area contributed by atoms with Gasteiger partial charge < -0.3 is 10.2 Å². The van der Waals surface area contributed by atoms with Crippen molar-refractivity contribution in [2.24, 2.45) is 0 Å². The average Bonchev–Trinajstić information content (AvgIpc) is 3.07. The van der Waals surface area contributed by atoms with Crippen LogP contribution in [0.5, 0.6) is 0 Å². The highest BCUT2D eigenvalue weighted by Crippen LogP contribution is 2.07. The topological polar surface area (TPSA) is 33.1 Å². The van der Waals surface area contributed by atoms with Crippen LogP contribution in [0.2, 0.25) is 0 Å². The zero-order valence-corrected chi connectivity index (χ0v) is 14.7. The molecule has 4 heteroatoms. The van der Waals surface area contributed by atoms with Gasteiger partial charge in [-0.25, -0.2) is 4.68 Å². The summed E-state index contributed by atoms with van der Waals surface area (Å²) in [6.07, 6.45) is 4.47. The lowest BCUT2D eigenvalue weighted by atomic mass is 10.1. The lowest BCUT2D eigenvalue weighted by Crippen LogP contribution is -2.29. The minimum absolute atomic E-state index is 0.521. The molecule has 2 rings (SSSR count). The monoisotopic (exact) mass is 314 g/mol. The Bertz CT molecular complexity index is 546. The molecule has 0 radical (unpaired) electrons. The fourth-order valence-corrected chi connectivity index (χ4v) is 2.72. The van der Waals surface area contributed by atoms with E-state index in [0.29, 0.717) is 6.04 Å². The van der Waals surface area contributed by atoms with E-state index in [1.807, 2.05) is 29.1 Å². The van der Waals surface area contributed by atoms with E-state index in [2.05, 4.69) is 54.3 Å². The zero-order chi connectivity index (χ0) is 16.5. The fourth-order valence-electron chi connectivity index (χ4n) is 2.72. The molecule has 4 nitrogen and oxygen atoms in total. The second kappa shape index (κ2) is 9.48. The third kappa shape index (κ3) is 5.81. The molecular formula is C19H30N4. The molecular weight excluding hydrogens is 284 g/mol. The first-order valence-corrected chi connectivity index (χ1v) is 8.78. The van der Waals surface area contributed by atoms with E-state index < -0.39 is 0 Å².